The van der Waals surface area contributed by atoms with Gasteiger partial charge in [-0.2, -0.15) is 0 Å². The van der Waals surface area contributed by atoms with Gasteiger partial charge in [0.25, 0.3) is 0 Å². The molecule has 1 aromatic heterocycles. The van der Waals surface area contributed by atoms with Crippen molar-refractivity contribution < 1.29 is 4.74 Å². The molecule has 0 bridgehead atoms. The summed E-state index contributed by atoms with van der Waals surface area (Å²) >= 11 is 0. The van der Waals surface area contributed by atoms with Crippen molar-refractivity contribution in [1.82, 2.24) is 9.88 Å². The van der Waals surface area contributed by atoms with Crippen LogP contribution in [0.15, 0.2) is 24.5 Å². The molecule has 0 radical (unpaired) electrons. The Morgan fingerprint density at radius 2 is 2.26 bits per heavy atom. The molecule has 106 valence electrons. The number of hydrogen-bond donors (Lipinski definition) is 1. The number of likely N-dealkylation sites (tertiary alicyclic amines) is 1. The molecule has 0 spiro atoms. The van der Waals surface area contributed by atoms with E-state index in [4.69, 9.17) is 10.5 Å². The fraction of sp³-hybridized carbons (Fsp3) is 0.667. The second-order valence-corrected chi connectivity index (χ2v) is 5.08. The Morgan fingerprint density at radius 1 is 1.47 bits per heavy atom. The molecule has 0 amide bonds. The van der Waals surface area contributed by atoms with E-state index in [1.54, 1.807) is 0 Å². The van der Waals surface area contributed by atoms with E-state index in [1.807, 2.05) is 19.3 Å². The lowest BCUT2D eigenvalue weighted by Crippen LogP contribution is -2.31. The maximum Gasteiger partial charge on any atom is 0.0709 e. The van der Waals surface area contributed by atoms with Crippen LogP contribution in [0, 0.1) is 0 Å². The number of ether oxygens (including phenoxy) is 1. The smallest absolute Gasteiger partial charge is 0.0709 e. The molecule has 1 aliphatic rings. The first-order valence-corrected chi connectivity index (χ1v) is 7.30. The average molecular weight is 263 g/mol. The third-order valence-electron chi connectivity index (χ3n) is 3.86. The lowest BCUT2D eigenvalue weighted by atomic mass is 10.1. The molecule has 1 aromatic rings. The molecule has 0 aliphatic carbocycles. The van der Waals surface area contributed by atoms with E-state index in [2.05, 4.69) is 22.0 Å². The van der Waals surface area contributed by atoms with Crippen LogP contribution in [0.25, 0.3) is 0 Å². The summed E-state index contributed by atoms with van der Waals surface area (Å²) < 4.78 is 5.63. The first-order valence-electron chi connectivity index (χ1n) is 7.30. The molecule has 2 N–H and O–H groups in total. The summed E-state index contributed by atoms with van der Waals surface area (Å²) in [4.78, 5) is 6.65. The van der Waals surface area contributed by atoms with Crippen LogP contribution < -0.4 is 5.73 Å². The number of pyridine rings is 1. The fourth-order valence-electron chi connectivity index (χ4n) is 2.87. The Balaban J connectivity index is 1.89. The highest BCUT2D eigenvalue weighted by Crippen LogP contribution is 2.31. The van der Waals surface area contributed by atoms with E-state index < -0.39 is 0 Å². The molecule has 1 aliphatic heterocycles. The lowest BCUT2D eigenvalue weighted by Gasteiger charge is -2.26. The van der Waals surface area contributed by atoms with Crippen LogP contribution >= 0.6 is 0 Å². The van der Waals surface area contributed by atoms with Crippen LogP contribution in [0.3, 0.4) is 0 Å². The Labute approximate surface area is 116 Å². The third kappa shape index (κ3) is 4.00. The second-order valence-electron chi connectivity index (χ2n) is 5.08. The summed E-state index contributed by atoms with van der Waals surface area (Å²) in [6.07, 6.45) is 7.50. The van der Waals surface area contributed by atoms with Crippen molar-refractivity contribution >= 4 is 0 Å². The van der Waals surface area contributed by atoms with E-state index in [-0.39, 0.29) is 6.10 Å². The quantitative estimate of drug-likeness (QED) is 0.817. The largest absolute Gasteiger partial charge is 0.377 e. The summed E-state index contributed by atoms with van der Waals surface area (Å²) in [5.74, 6) is 0. The molecule has 2 rings (SSSR count). The number of nitrogens with zero attached hydrogens (tertiary/aromatic N) is 2. The van der Waals surface area contributed by atoms with Gasteiger partial charge in [0, 0.05) is 38.1 Å². The van der Waals surface area contributed by atoms with E-state index in [9.17, 15) is 0 Å². The van der Waals surface area contributed by atoms with Crippen LogP contribution in [-0.4, -0.2) is 42.2 Å². The van der Waals surface area contributed by atoms with E-state index in [0.29, 0.717) is 12.6 Å². The zero-order chi connectivity index (χ0) is 13.5. The summed E-state index contributed by atoms with van der Waals surface area (Å²) in [6.45, 7) is 5.63. The molecule has 4 nitrogen and oxygen atoms in total. The van der Waals surface area contributed by atoms with Gasteiger partial charge in [-0.3, -0.25) is 9.88 Å². The minimum Gasteiger partial charge on any atom is -0.377 e. The number of hydrogen-bond acceptors (Lipinski definition) is 4. The van der Waals surface area contributed by atoms with E-state index in [0.717, 1.165) is 19.6 Å². The molecule has 4 heteroatoms. The van der Waals surface area contributed by atoms with Crippen molar-refractivity contribution in [3.8, 4) is 0 Å². The van der Waals surface area contributed by atoms with Gasteiger partial charge in [0.05, 0.1) is 6.10 Å². The van der Waals surface area contributed by atoms with E-state index in [1.165, 1.54) is 24.9 Å². The number of nitrogens with two attached hydrogens (primary N) is 1. The molecule has 2 heterocycles. The van der Waals surface area contributed by atoms with Crippen LogP contribution in [0.2, 0.25) is 0 Å². The normalized spacial score (nSPS) is 21.7. The zero-order valence-electron chi connectivity index (χ0n) is 11.8. The number of rotatable bonds is 7. The highest BCUT2D eigenvalue weighted by Gasteiger charge is 2.26. The van der Waals surface area contributed by atoms with Gasteiger partial charge in [0.15, 0.2) is 0 Å². The van der Waals surface area contributed by atoms with E-state index >= 15 is 0 Å². The maximum absolute atomic E-state index is 5.74. The van der Waals surface area contributed by atoms with Crippen molar-refractivity contribution in [2.24, 2.45) is 5.73 Å². The van der Waals surface area contributed by atoms with Gasteiger partial charge in [-0.05, 0) is 50.4 Å². The highest BCUT2D eigenvalue weighted by molar-refractivity contribution is 5.16. The van der Waals surface area contributed by atoms with Crippen molar-refractivity contribution in [3.63, 3.8) is 0 Å². The molecule has 1 fully saturated rings. The minimum absolute atomic E-state index is 0.198. The molecule has 2 atom stereocenters. The Hall–Kier alpha value is -0.970. The first kappa shape index (κ1) is 14.4. The maximum atomic E-state index is 5.74. The monoisotopic (exact) mass is 263 g/mol. The fourth-order valence-corrected chi connectivity index (χ4v) is 2.87. The summed E-state index contributed by atoms with van der Waals surface area (Å²) in [5, 5.41) is 0. The van der Waals surface area contributed by atoms with Gasteiger partial charge >= 0.3 is 0 Å². The molecular weight excluding hydrogens is 238 g/mol. The van der Waals surface area contributed by atoms with Gasteiger partial charge in [-0.1, -0.05) is 0 Å². The summed E-state index contributed by atoms with van der Waals surface area (Å²) in [5.41, 5.74) is 7.12. The predicted molar refractivity (Wildman–Crippen MR) is 76.9 cm³/mol. The molecular formula is C15H25N3O. The molecule has 2 unspecified atom stereocenters. The topological polar surface area (TPSA) is 51.4 Å². The van der Waals surface area contributed by atoms with Crippen LogP contribution in [0.5, 0.6) is 0 Å². The Morgan fingerprint density at radius 3 is 2.95 bits per heavy atom. The molecule has 0 aromatic carbocycles. The predicted octanol–water partition coefficient (Wildman–Crippen LogP) is 1.97. The Kier molecular flexibility index (Phi) is 5.76. The first-order chi connectivity index (χ1) is 9.35. The zero-order valence-corrected chi connectivity index (χ0v) is 11.8. The molecule has 19 heavy (non-hydrogen) atoms. The summed E-state index contributed by atoms with van der Waals surface area (Å²) in [6, 6.07) is 4.81. The van der Waals surface area contributed by atoms with Crippen molar-refractivity contribution in [3.05, 3.63) is 30.1 Å². The highest BCUT2D eigenvalue weighted by atomic mass is 16.5. The number of aromatic nitrogens is 1. The lowest BCUT2D eigenvalue weighted by molar-refractivity contribution is 0.0531. The SMILES string of the molecule is CCOC(CN)CCN1CCCC1c1ccncc1. The average Bonchev–Trinajstić information content (AvgIpc) is 2.93. The van der Waals surface area contributed by atoms with Crippen molar-refractivity contribution in [2.75, 3.05) is 26.2 Å². The summed E-state index contributed by atoms with van der Waals surface area (Å²) in [7, 11) is 0. The second kappa shape index (κ2) is 7.58. The Bertz CT molecular complexity index is 358. The van der Waals surface area contributed by atoms with Crippen LogP contribution in [0.4, 0.5) is 0 Å². The van der Waals surface area contributed by atoms with Gasteiger partial charge in [0.2, 0.25) is 0 Å². The minimum atomic E-state index is 0.198. The van der Waals surface area contributed by atoms with Crippen LogP contribution in [0.1, 0.15) is 37.8 Å². The van der Waals surface area contributed by atoms with Gasteiger partial charge in [-0.25, -0.2) is 0 Å². The molecule has 1 saturated heterocycles. The van der Waals surface area contributed by atoms with Crippen LogP contribution in [-0.2, 0) is 4.74 Å². The van der Waals surface area contributed by atoms with Crippen molar-refractivity contribution in [1.29, 1.82) is 0 Å². The third-order valence-corrected chi connectivity index (χ3v) is 3.86. The van der Waals surface area contributed by atoms with Gasteiger partial charge in [-0.15, -0.1) is 0 Å². The standard InChI is InChI=1S/C15H25N3O/c1-2-19-14(12-16)7-11-18-10-3-4-15(18)13-5-8-17-9-6-13/h5-6,8-9,14-15H,2-4,7,10-12,16H2,1H3. The molecule has 0 saturated carbocycles. The van der Waals surface area contributed by atoms with Crippen molar-refractivity contribution in [2.45, 2.75) is 38.3 Å². The van der Waals surface area contributed by atoms with Gasteiger partial charge in [0.1, 0.15) is 0 Å². The van der Waals surface area contributed by atoms with Gasteiger partial charge < -0.3 is 10.5 Å².